The molecule has 1 amide bonds. The lowest BCUT2D eigenvalue weighted by Crippen LogP contribution is -2.34. The molecule has 1 aromatic carbocycles. The van der Waals surface area contributed by atoms with Crippen molar-refractivity contribution in [2.45, 2.75) is 12.5 Å². The van der Waals surface area contributed by atoms with Crippen molar-refractivity contribution in [2.75, 3.05) is 11.5 Å². The van der Waals surface area contributed by atoms with Gasteiger partial charge in [0, 0.05) is 23.4 Å². The Kier molecular flexibility index (Phi) is 4.54. The smallest absolute Gasteiger partial charge is 0.290 e. The van der Waals surface area contributed by atoms with Crippen molar-refractivity contribution in [3.63, 3.8) is 0 Å². The highest BCUT2D eigenvalue weighted by Gasteiger charge is 2.23. The van der Waals surface area contributed by atoms with Crippen LogP contribution in [-0.4, -0.2) is 28.4 Å². The molecule has 1 aliphatic rings. The summed E-state index contributed by atoms with van der Waals surface area (Å²) in [4.78, 5) is 22.2. The second-order valence-corrected chi connectivity index (χ2v) is 6.02. The maximum atomic E-state index is 12.0. The molecule has 1 N–H and O–H groups in total. The molecule has 1 aromatic rings. The van der Waals surface area contributed by atoms with Gasteiger partial charge in [0.05, 0.1) is 9.95 Å². The molecule has 19 heavy (non-hydrogen) atoms. The van der Waals surface area contributed by atoms with E-state index in [1.54, 1.807) is 11.8 Å². The fourth-order valence-corrected chi connectivity index (χ4v) is 3.30. The van der Waals surface area contributed by atoms with E-state index in [4.69, 9.17) is 23.2 Å². The molecule has 0 bridgehead atoms. The van der Waals surface area contributed by atoms with Gasteiger partial charge in [0.1, 0.15) is 5.02 Å². The van der Waals surface area contributed by atoms with E-state index in [1.165, 1.54) is 6.07 Å². The van der Waals surface area contributed by atoms with Crippen LogP contribution in [0, 0.1) is 10.1 Å². The standard InChI is InChI=1S/C11H10Cl2N2O3S/c12-8-3-6(4-9(10(8)13)15(17)18)11(16)14-7-1-2-19-5-7/h3-4,7H,1-2,5H2,(H,14,16). The maximum Gasteiger partial charge on any atom is 0.290 e. The molecule has 0 aliphatic carbocycles. The number of thioether (sulfide) groups is 1. The average molecular weight is 321 g/mol. The van der Waals surface area contributed by atoms with Crippen LogP contribution in [0.15, 0.2) is 12.1 Å². The summed E-state index contributed by atoms with van der Waals surface area (Å²) in [6.07, 6.45) is 0.903. The summed E-state index contributed by atoms with van der Waals surface area (Å²) < 4.78 is 0. The number of hydrogen-bond acceptors (Lipinski definition) is 4. The Bertz CT molecular complexity index is 533. The third-order valence-corrected chi connectivity index (χ3v) is 4.69. The first-order chi connectivity index (χ1) is 8.99. The van der Waals surface area contributed by atoms with Gasteiger partial charge in [0.2, 0.25) is 0 Å². The van der Waals surface area contributed by atoms with E-state index in [2.05, 4.69) is 5.32 Å². The van der Waals surface area contributed by atoms with Crippen molar-refractivity contribution in [1.82, 2.24) is 5.32 Å². The van der Waals surface area contributed by atoms with E-state index in [0.717, 1.165) is 24.0 Å². The van der Waals surface area contributed by atoms with E-state index in [-0.39, 0.29) is 33.2 Å². The highest BCUT2D eigenvalue weighted by atomic mass is 35.5. The Morgan fingerprint density at radius 2 is 2.21 bits per heavy atom. The van der Waals surface area contributed by atoms with Crippen LogP contribution < -0.4 is 5.32 Å². The third kappa shape index (κ3) is 3.32. The summed E-state index contributed by atoms with van der Waals surface area (Å²) in [6.45, 7) is 0. The van der Waals surface area contributed by atoms with Gasteiger partial charge in [0.25, 0.3) is 11.6 Å². The van der Waals surface area contributed by atoms with Crippen molar-refractivity contribution >= 4 is 46.6 Å². The van der Waals surface area contributed by atoms with Crippen molar-refractivity contribution < 1.29 is 9.72 Å². The van der Waals surface area contributed by atoms with Gasteiger partial charge in [-0.05, 0) is 18.2 Å². The molecule has 0 radical (unpaired) electrons. The highest BCUT2D eigenvalue weighted by molar-refractivity contribution is 7.99. The molecular weight excluding hydrogens is 311 g/mol. The van der Waals surface area contributed by atoms with Crippen LogP contribution in [-0.2, 0) is 0 Å². The molecule has 1 atom stereocenters. The van der Waals surface area contributed by atoms with Crippen LogP contribution >= 0.6 is 35.0 Å². The van der Waals surface area contributed by atoms with Crippen LogP contribution in [0.25, 0.3) is 0 Å². The van der Waals surface area contributed by atoms with Crippen LogP contribution in [0.2, 0.25) is 10.0 Å². The molecule has 1 heterocycles. The van der Waals surface area contributed by atoms with E-state index >= 15 is 0 Å². The van der Waals surface area contributed by atoms with Gasteiger partial charge in [0.15, 0.2) is 0 Å². The molecule has 5 nitrogen and oxygen atoms in total. The van der Waals surface area contributed by atoms with Crippen molar-refractivity contribution in [2.24, 2.45) is 0 Å². The van der Waals surface area contributed by atoms with Gasteiger partial charge >= 0.3 is 0 Å². The van der Waals surface area contributed by atoms with Crippen molar-refractivity contribution in [1.29, 1.82) is 0 Å². The molecule has 0 aromatic heterocycles. The number of nitro benzene ring substituents is 1. The lowest BCUT2D eigenvalue weighted by Gasteiger charge is -2.11. The summed E-state index contributed by atoms with van der Waals surface area (Å²) >= 11 is 13.3. The molecule has 1 saturated heterocycles. The van der Waals surface area contributed by atoms with Crippen LogP contribution in [0.1, 0.15) is 16.8 Å². The van der Waals surface area contributed by atoms with Gasteiger partial charge in [-0.25, -0.2) is 0 Å². The maximum absolute atomic E-state index is 12.0. The molecule has 8 heteroatoms. The Morgan fingerprint density at radius 1 is 1.47 bits per heavy atom. The fraction of sp³-hybridized carbons (Fsp3) is 0.364. The largest absolute Gasteiger partial charge is 0.348 e. The number of amides is 1. The molecule has 2 rings (SSSR count). The highest BCUT2D eigenvalue weighted by Crippen LogP contribution is 2.33. The molecular formula is C11H10Cl2N2O3S. The predicted octanol–water partition coefficient (Wildman–Crippen LogP) is 3.14. The Hall–Kier alpha value is -0.980. The number of benzene rings is 1. The van der Waals surface area contributed by atoms with Crippen LogP contribution in [0.5, 0.6) is 0 Å². The second kappa shape index (κ2) is 5.98. The zero-order chi connectivity index (χ0) is 14.0. The molecule has 1 aliphatic heterocycles. The van der Waals surface area contributed by atoms with Gasteiger partial charge < -0.3 is 5.32 Å². The van der Waals surface area contributed by atoms with Crippen molar-refractivity contribution in [3.05, 3.63) is 37.9 Å². The zero-order valence-corrected chi connectivity index (χ0v) is 12.0. The molecule has 1 fully saturated rings. The first kappa shape index (κ1) is 14.4. The molecule has 1 unspecified atom stereocenters. The number of halogens is 2. The SMILES string of the molecule is O=C(NC1CCSC1)c1cc(Cl)c(Cl)c([N+](=O)[O-])c1. The lowest BCUT2D eigenvalue weighted by atomic mass is 10.1. The minimum Gasteiger partial charge on any atom is -0.348 e. The molecule has 102 valence electrons. The minimum absolute atomic E-state index is 0.00168. The summed E-state index contributed by atoms with van der Waals surface area (Å²) in [6, 6.07) is 2.59. The Balaban J connectivity index is 2.24. The average Bonchev–Trinajstić information content (AvgIpc) is 2.84. The van der Waals surface area contributed by atoms with E-state index < -0.39 is 4.92 Å². The second-order valence-electron chi connectivity index (χ2n) is 4.08. The summed E-state index contributed by atoms with van der Waals surface area (Å²) in [5.74, 6) is 1.50. The summed E-state index contributed by atoms with van der Waals surface area (Å²) in [5.41, 5.74) is -0.210. The topological polar surface area (TPSA) is 72.2 Å². The first-order valence-electron chi connectivity index (χ1n) is 5.51. The van der Waals surface area contributed by atoms with Crippen molar-refractivity contribution in [3.8, 4) is 0 Å². The normalized spacial score (nSPS) is 18.3. The van der Waals surface area contributed by atoms with Gasteiger partial charge in [-0.2, -0.15) is 11.8 Å². The fourth-order valence-electron chi connectivity index (χ4n) is 1.76. The first-order valence-corrected chi connectivity index (χ1v) is 7.42. The number of nitrogens with zero attached hydrogens (tertiary/aromatic N) is 1. The summed E-state index contributed by atoms with van der Waals surface area (Å²) in [7, 11) is 0. The molecule has 0 saturated carbocycles. The number of rotatable bonds is 3. The third-order valence-electron chi connectivity index (χ3n) is 2.73. The Labute approximate surface area is 123 Å². The number of carbonyl (C=O) groups excluding carboxylic acids is 1. The van der Waals surface area contributed by atoms with Crippen LogP contribution in [0.4, 0.5) is 5.69 Å². The van der Waals surface area contributed by atoms with E-state index in [9.17, 15) is 14.9 Å². The zero-order valence-electron chi connectivity index (χ0n) is 9.69. The minimum atomic E-state index is -0.656. The number of carbonyl (C=O) groups is 1. The summed E-state index contributed by atoms with van der Waals surface area (Å²) in [5, 5.41) is 13.5. The molecule has 0 spiro atoms. The predicted molar refractivity (Wildman–Crippen MR) is 76.3 cm³/mol. The van der Waals surface area contributed by atoms with Gasteiger partial charge in [-0.3, -0.25) is 14.9 Å². The Morgan fingerprint density at radius 3 is 2.79 bits per heavy atom. The van der Waals surface area contributed by atoms with E-state index in [1.807, 2.05) is 0 Å². The number of hydrogen-bond donors (Lipinski definition) is 1. The number of nitro groups is 1. The van der Waals surface area contributed by atoms with Gasteiger partial charge in [-0.15, -0.1) is 0 Å². The van der Waals surface area contributed by atoms with Gasteiger partial charge in [-0.1, -0.05) is 23.2 Å². The van der Waals surface area contributed by atoms with E-state index in [0.29, 0.717) is 0 Å². The quantitative estimate of drug-likeness (QED) is 0.686. The number of nitrogens with one attached hydrogen (secondary N) is 1. The monoisotopic (exact) mass is 320 g/mol. The van der Waals surface area contributed by atoms with Crippen LogP contribution in [0.3, 0.4) is 0 Å². The lowest BCUT2D eigenvalue weighted by molar-refractivity contribution is -0.384.